The number of hydrogen-bond donors (Lipinski definition) is 2. The van der Waals surface area contributed by atoms with Crippen LogP contribution in [0, 0.1) is 0 Å². The number of hydrogen-bond acceptors (Lipinski definition) is 4. The lowest BCUT2D eigenvalue weighted by atomic mass is 10.0. The van der Waals surface area contributed by atoms with Gasteiger partial charge in [0.2, 0.25) is 0 Å². The molecule has 1 saturated carbocycles. The highest BCUT2D eigenvalue weighted by atomic mass is 32.1. The number of thiophene rings is 1. The Balaban J connectivity index is 1.59. The van der Waals surface area contributed by atoms with Gasteiger partial charge in [-0.15, -0.1) is 11.3 Å². The zero-order chi connectivity index (χ0) is 12.4. The van der Waals surface area contributed by atoms with Crippen molar-refractivity contribution in [1.82, 2.24) is 10.3 Å². The molecule has 0 radical (unpaired) electrons. The van der Waals surface area contributed by atoms with Crippen molar-refractivity contribution >= 4 is 21.6 Å². The smallest absolute Gasteiger partial charge is 0.0809 e. The van der Waals surface area contributed by atoms with Crippen molar-refractivity contribution in [3.8, 4) is 0 Å². The quantitative estimate of drug-likeness (QED) is 0.890. The van der Waals surface area contributed by atoms with E-state index in [1.165, 1.54) is 10.3 Å². The van der Waals surface area contributed by atoms with Crippen LogP contribution in [0.4, 0.5) is 0 Å². The first kappa shape index (κ1) is 12.1. The van der Waals surface area contributed by atoms with Crippen LogP contribution in [-0.4, -0.2) is 22.2 Å². The Bertz CT molecular complexity index is 531. The standard InChI is InChI=1S/C14H18N2OS/c17-14(4-1-2-5-14)10-15-8-11-7-13-12(16-9-11)3-6-18-13/h3,6-7,9,15,17H,1-2,4-5,8,10H2. The number of fused-ring (bicyclic) bond motifs is 1. The summed E-state index contributed by atoms with van der Waals surface area (Å²) in [7, 11) is 0. The molecule has 0 spiro atoms. The van der Waals surface area contributed by atoms with Crippen LogP contribution in [0.3, 0.4) is 0 Å². The molecule has 1 fully saturated rings. The van der Waals surface area contributed by atoms with Crippen LogP contribution in [0.1, 0.15) is 31.2 Å². The zero-order valence-electron chi connectivity index (χ0n) is 10.4. The van der Waals surface area contributed by atoms with E-state index in [-0.39, 0.29) is 0 Å². The Hall–Kier alpha value is -0.970. The van der Waals surface area contributed by atoms with Gasteiger partial charge in [0, 0.05) is 19.3 Å². The van der Waals surface area contributed by atoms with Crippen molar-refractivity contribution in [1.29, 1.82) is 0 Å². The predicted octanol–water partition coefficient (Wildman–Crippen LogP) is 2.69. The second-order valence-corrected chi connectivity index (χ2v) is 6.13. The summed E-state index contributed by atoms with van der Waals surface area (Å²) in [6.45, 7) is 1.47. The minimum Gasteiger partial charge on any atom is -0.389 e. The molecule has 3 rings (SSSR count). The zero-order valence-corrected chi connectivity index (χ0v) is 11.2. The molecule has 0 aliphatic heterocycles. The van der Waals surface area contributed by atoms with Gasteiger partial charge in [-0.05, 0) is 35.9 Å². The van der Waals surface area contributed by atoms with Crippen molar-refractivity contribution in [3.63, 3.8) is 0 Å². The van der Waals surface area contributed by atoms with Crippen LogP contribution in [0.15, 0.2) is 23.7 Å². The Morgan fingerprint density at radius 2 is 2.22 bits per heavy atom. The van der Waals surface area contributed by atoms with Gasteiger partial charge in [-0.1, -0.05) is 12.8 Å². The van der Waals surface area contributed by atoms with Gasteiger partial charge in [-0.25, -0.2) is 0 Å². The van der Waals surface area contributed by atoms with Crippen molar-refractivity contribution in [2.75, 3.05) is 6.54 Å². The molecular formula is C14H18N2OS. The molecule has 2 aromatic heterocycles. The van der Waals surface area contributed by atoms with E-state index in [0.29, 0.717) is 6.54 Å². The Kier molecular flexibility index (Phi) is 3.33. The molecule has 2 aromatic rings. The first-order chi connectivity index (χ1) is 8.75. The largest absolute Gasteiger partial charge is 0.389 e. The highest BCUT2D eigenvalue weighted by molar-refractivity contribution is 7.17. The van der Waals surface area contributed by atoms with Crippen LogP contribution in [-0.2, 0) is 6.54 Å². The van der Waals surface area contributed by atoms with Gasteiger partial charge in [0.1, 0.15) is 0 Å². The first-order valence-electron chi connectivity index (χ1n) is 6.50. The second-order valence-electron chi connectivity index (χ2n) is 5.18. The van der Waals surface area contributed by atoms with E-state index in [4.69, 9.17) is 0 Å². The van der Waals surface area contributed by atoms with E-state index in [1.54, 1.807) is 11.3 Å². The normalized spacial score (nSPS) is 18.5. The minimum absolute atomic E-state index is 0.472. The SMILES string of the molecule is OC1(CNCc2cnc3ccsc3c2)CCCC1. The fourth-order valence-corrected chi connectivity index (χ4v) is 3.44. The average molecular weight is 262 g/mol. The van der Waals surface area contributed by atoms with Gasteiger partial charge in [-0.3, -0.25) is 4.98 Å². The molecule has 3 nitrogen and oxygen atoms in total. The topological polar surface area (TPSA) is 45.1 Å². The van der Waals surface area contributed by atoms with Crippen LogP contribution >= 0.6 is 11.3 Å². The van der Waals surface area contributed by atoms with Crippen molar-refractivity contribution in [2.24, 2.45) is 0 Å². The first-order valence-corrected chi connectivity index (χ1v) is 7.38. The molecule has 0 aromatic carbocycles. The highest BCUT2D eigenvalue weighted by Gasteiger charge is 2.30. The van der Waals surface area contributed by atoms with E-state index in [9.17, 15) is 5.11 Å². The van der Waals surface area contributed by atoms with Crippen LogP contribution < -0.4 is 5.32 Å². The molecule has 0 saturated heterocycles. The molecule has 0 unspecified atom stereocenters. The molecular weight excluding hydrogens is 244 g/mol. The molecule has 96 valence electrons. The molecule has 4 heteroatoms. The molecule has 2 heterocycles. The summed E-state index contributed by atoms with van der Waals surface area (Å²) in [6, 6.07) is 4.22. The molecule has 2 N–H and O–H groups in total. The van der Waals surface area contributed by atoms with Gasteiger partial charge in [0.15, 0.2) is 0 Å². The van der Waals surface area contributed by atoms with Crippen molar-refractivity contribution in [2.45, 2.75) is 37.8 Å². The third kappa shape index (κ3) is 2.55. The number of pyridine rings is 1. The molecule has 0 amide bonds. The fourth-order valence-electron chi connectivity index (χ4n) is 2.63. The maximum Gasteiger partial charge on any atom is 0.0809 e. The summed E-state index contributed by atoms with van der Waals surface area (Å²) in [5.74, 6) is 0. The maximum absolute atomic E-state index is 10.2. The monoisotopic (exact) mass is 262 g/mol. The minimum atomic E-state index is -0.472. The van der Waals surface area contributed by atoms with E-state index in [2.05, 4.69) is 21.7 Å². The third-order valence-electron chi connectivity index (χ3n) is 3.68. The molecule has 0 atom stereocenters. The number of nitrogens with one attached hydrogen (secondary N) is 1. The Morgan fingerprint density at radius 3 is 3.06 bits per heavy atom. The van der Waals surface area contributed by atoms with Crippen molar-refractivity contribution in [3.05, 3.63) is 29.3 Å². The van der Waals surface area contributed by atoms with E-state index in [1.807, 2.05) is 12.3 Å². The average Bonchev–Trinajstić information content (AvgIpc) is 2.97. The number of aromatic nitrogens is 1. The summed E-state index contributed by atoms with van der Waals surface area (Å²) < 4.78 is 1.23. The van der Waals surface area contributed by atoms with Gasteiger partial charge in [0.05, 0.1) is 15.8 Å². The Labute approximate surface area is 111 Å². The van der Waals surface area contributed by atoms with Crippen LogP contribution in [0.25, 0.3) is 10.2 Å². The van der Waals surface area contributed by atoms with E-state index < -0.39 is 5.60 Å². The summed E-state index contributed by atoms with van der Waals surface area (Å²) in [4.78, 5) is 4.42. The van der Waals surface area contributed by atoms with Crippen LogP contribution in [0.2, 0.25) is 0 Å². The van der Waals surface area contributed by atoms with Gasteiger partial charge < -0.3 is 10.4 Å². The molecule has 1 aliphatic carbocycles. The van der Waals surface area contributed by atoms with Crippen molar-refractivity contribution < 1.29 is 5.11 Å². The third-order valence-corrected chi connectivity index (χ3v) is 4.53. The number of rotatable bonds is 4. The lowest BCUT2D eigenvalue weighted by molar-refractivity contribution is 0.0475. The Morgan fingerprint density at radius 1 is 1.39 bits per heavy atom. The number of nitrogens with zero attached hydrogens (tertiary/aromatic N) is 1. The summed E-state index contributed by atoms with van der Waals surface area (Å²) in [5, 5.41) is 15.7. The summed E-state index contributed by atoms with van der Waals surface area (Å²) in [6.07, 6.45) is 6.09. The number of aliphatic hydroxyl groups is 1. The summed E-state index contributed by atoms with van der Waals surface area (Å²) in [5.41, 5.74) is 1.78. The highest BCUT2D eigenvalue weighted by Crippen LogP contribution is 2.28. The van der Waals surface area contributed by atoms with Gasteiger partial charge in [0.25, 0.3) is 0 Å². The van der Waals surface area contributed by atoms with E-state index >= 15 is 0 Å². The lowest BCUT2D eigenvalue weighted by Crippen LogP contribution is -2.37. The molecule has 0 bridgehead atoms. The maximum atomic E-state index is 10.2. The fraction of sp³-hybridized carbons (Fsp3) is 0.500. The second kappa shape index (κ2) is 4.96. The summed E-state index contributed by atoms with van der Waals surface area (Å²) >= 11 is 1.72. The van der Waals surface area contributed by atoms with E-state index in [0.717, 1.165) is 37.7 Å². The molecule has 18 heavy (non-hydrogen) atoms. The lowest BCUT2D eigenvalue weighted by Gasteiger charge is -2.22. The predicted molar refractivity (Wildman–Crippen MR) is 74.7 cm³/mol. The van der Waals surface area contributed by atoms with Gasteiger partial charge in [-0.2, -0.15) is 0 Å². The van der Waals surface area contributed by atoms with Crippen LogP contribution in [0.5, 0.6) is 0 Å². The molecule has 1 aliphatic rings. The van der Waals surface area contributed by atoms with Gasteiger partial charge >= 0.3 is 0 Å².